The summed E-state index contributed by atoms with van der Waals surface area (Å²) in [6.45, 7) is 2.53. The van der Waals surface area contributed by atoms with Gasteiger partial charge in [0.25, 0.3) is 0 Å². The first kappa shape index (κ1) is 9.16. The second-order valence-electron chi connectivity index (χ2n) is 4.53. The molecule has 0 saturated carbocycles. The van der Waals surface area contributed by atoms with Gasteiger partial charge in [0, 0.05) is 5.54 Å². The summed E-state index contributed by atoms with van der Waals surface area (Å²) in [6.07, 6.45) is 12.9. The highest BCUT2D eigenvalue weighted by molar-refractivity contribution is 5.44. The van der Waals surface area contributed by atoms with Crippen molar-refractivity contribution in [2.75, 3.05) is 13.1 Å². The molecule has 0 aromatic carbocycles. The number of oxazole rings is 1. The minimum Gasteiger partial charge on any atom is -0.444 e. The Morgan fingerprint density at radius 2 is 2.13 bits per heavy atom. The Hall–Kier alpha value is -1.09. The molecule has 0 radical (unpaired) electrons. The van der Waals surface area contributed by atoms with E-state index in [1.807, 2.05) is 0 Å². The Bertz CT molecular complexity index is 346. The van der Waals surface area contributed by atoms with Gasteiger partial charge >= 0.3 is 0 Å². The van der Waals surface area contributed by atoms with Gasteiger partial charge in [-0.05, 0) is 44.8 Å². The molecule has 3 heterocycles. The first-order valence-electron chi connectivity index (χ1n) is 5.72. The summed E-state index contributed by atoms with van der Waals surface area (Å²) in [5.74, 6) is 0.864. The van der Waals surface area contributed by atoms with Gasteiger partial charge < -0.3 is 4.42 Å². The zero-order valence-corrected chi connectivity index (χ0v) is 8.85. The van der Waals surface area contributed by atoms with Crippen molar-refractivity contribution in [3.05, 3.63) is 24.4 Å². The van der Waals surface area contributed by atoms with Crippen LogP contribution in [0.25, 0.3) is 6.08 Å². The quantitative estimate of drug-likeness (QED) is 0.740. The predicted octanol–water partition coefficient (Wildman–Crippen LogP) is 2.32. The van der Waals surface area contributed by atoms with Gasteiger partial charge in [0.05, 0.1) is 6.20 Å². The van der Waals surface area contributed by atoms with Crippen LogP contribution in [0.2, 0.25) is 0 Å². The smallest absolute Gasteiger partial charge is 0.181 e. The molecule has 0 spiro atoms. The van der Waals surface area contributed by atoms with Crippen molar-refractivity contribution in [2.45, 2.75) is 31.2 Å². The normalized spacial score (nSPS) is 25.1. The van der Waals surface area contributed by atoms with Gasteiger partial charge in [-0.2, -0.15) is 0 Å². The first-order valence-corrected chi connectivity index (χ1v) is 5.72. The standard InChI is InChI=1S/C12H16N2O/c1-4-12(5-2-8-14(12)7-1)6-3-11-9-13-10-15-11/h3,6,9-10H,1-2,4-5,7-8H2/b6-3-. The summed E-state index contributed by atoms with van der Waals surface area (Å²) in [6, 6.07) is 0. The highest BCUT2D eigenvalue weighted by Gasteiger charge is 2.41. The Morgan fingerprint density at radius 1 is 1.33 bits per heavy atom. The van der Waals surface area contributed by atoms with Crippen molar-refractivity contribution in [3.8, 4) is 0 Å². The van der Waals surface area contributed by atoms with Crippen LogP contribution in [0.4, 0.5) is 0 Å². The Balaban J connectivity index is 1.81. The lowest BCUT2D eigenvalue weighted by molar-refractivity contribution is 0.251. The lowest BCUT2D eigenvalue weighted by atomic mass is 9.93. The molecule has 2 saturated heterocycles. The number of nitrogens with zero attached hydrogens (tertiary/aromatic N) is 2. The van der Waals surface area contributed by atoms with E-state index in [4.69, 9.17) is 4.42 Å². The van der Waals surface area contributed by atoms with Gasteiger partial charge in [0.2, 0.25) is 0 Å². The van der Waals surface area contributed by atoms with Gasteiger partial charge in [-0.15, -0.1) is 0 Å². The largest absolute Gasteiger partial charge is 0.444 e. The van der Waals surface area contributed by atoms with Gasteiger partial charge in [0.1, 0.15) is 5.76 Å². The molecule has 3 nitrogen and oxygen atoms in total. The fourth-order valence-electron chi connectivity index (χ4n) is 2.97. The van der Waals surface area contributed by atoms with Crippen molar-refractivity contribution < 1.29 is 4.42 Å². The van der Waals surface area contributed by atoms with Gasteiger partial charge in [-0.25, -0.2) is 4.98 Å². The zero-order chi connectivity index (χ0) is 10.1. The summed E-state index contributed by atoms with van der Waals surface area (Å²) < 4.78 is 5.22. The molecule has 2 aliphatic rings. The number of rotatable bonds is 2. The summed E-state index contributed by atoms with van der Waals surface area (Å²) >= 11 is 0. The second-order valence-corrected chi connectivity index (χ2v) is 4.53. The maximum Gasteiger partial charge on any atom is 0.181 e. The molecule has 3 heteroatoms. The van der Waals surface area contributed by atoms with Gasteiger partial charge in [0.15, 0.2) is 6.39 Å². The molecule has 80 valence electrons. The fraction of sp³-hybridized carbons (Fsp3) is 0.583. The molecule has 0 aliphatic carbocycles. The van der Waals surface area contributed by atoms with E-state index >= 15 is 0 Å². The van der Waals surface area contributed by atoms with Crippen molar-refractivity contribution in [1.82, 2.24) is 9.88 Å². The van der Waals surface area contributed by atoms with Crippen LogP contribution in [0, 0.1) is 0 Å². The molecule has 0 unspecified atom stereocenters. The topological polar surface area (TPSA) is 29.3 Å². The second kappa shape index (κ2) is 3.49. The average molecular weight is 204 g/mol. The van der Waals surface area contributed by atoms with Crippen LogP contribution in [-0.2, 0) is 0 Å². The number of hydrogen-bond acceptors (Lipinski definition) is 3. The van der Waals surface area contributed by atoms with Crippen LogP contribution in [0.1, 0.15) is 31.4 Å². The zero-order valence-electron chi connectivity index (χ0n) is 8.85. The van der Waals surface area contributed by atoms with Crippen LogP contribution in [-0.4, -0.2) is 28.5 Å². The molecule has 15 heavy (non-hydrogen) atoms. The molecule has 0 N–H and O–H groups in total. The Kier molecular flexibility index (Phi) is 2.13. The van der Waals surface area contributed by atoms with E-state index in [1.54, 1.807) is 6.20 Å². The lowest BCUT2D eigenvalue weighted by Crippen LogP contribution is -2.35. The monoisotopic (exact) mass is 204 g/mol. The van der Waals surface area contributed by atoms with Crippen LogP contribution >= 0.6 is 0 Å². The molecular formula is C12H16N2O. The van der Waals surface area contributed by atoms with E-state index in [0.717, 1.165) is 5.76 Å². The lowest BCUT2D eigenvalue weighted by Gasteiger charge is -2.28. The highest BCUT2D eigenvalue weighted by atomic mass is 16.3. The van der Waals surface area contributed by atoms with Crippen LogP contribution in [0.5, 0.6) is 0 Å². The van der Waals surface area contributed by atoms with Gasteiger partial charge in [-0.1, -0.05) is 6.08 Å². The Labute approximate surface area is 89.8 Å². The third kappa shape index (κ3) is 1.51. The molecular weight excluding hydrogens is 188 g/mol. The van der Waals surface area contributed by atoms with Crippen molar-refractivity contribution >= 4 is 6.08 Å². The van der Waals surface area contributed by atoms with E-state index in [-0.39, 0.29) is 0 Å². The predicted molar refractivity (Wildman–Crippen MR) is 58.3 cm³/mol. The van der Waals surface area contributed by atoms with E-state index in [0.29, 0.717) is 5.54 Å². The number of aromatic nitrogens is 1. The van der Waals surface area contributed by atoms with Gasteiger partial charge in [-0.3, -0.25) is 4.90 Å². The molecule has 3 rings (SSSR count). The number of hydrogen-bond donors (Lipinski definition) is 0. The van der Waals surface area contributed by atoms with Crippen molar-refractivity contribution in [1.29, 1.82) is 0 Å². The van der Waals surface area contributed by atoms with Crippen molar-refractivity contribution in [3.63, 3.8) is 0 Å². The average Bonchev–Trinajstić information content (AvgIpc) is 2.91. The maximum absolute atomic E-state index is 5.22. The molecule has 2 fully saturated rings. The first-order chi connectivity index (χ1) is 7.39. The summed E-state index contributed by atoms with van der Waals surface area (Å²) in [4.78, 5) is 6.53. The third-order valence-electron chi connectivity index (χ3n) is 3.71. The summed E-state index contributed by atoms with van der Waals surface area (Å²) in [7, 11) is 0. The molecule has 2 aliphatic heterocycles. The molecule has 0 bridgehead atoms. The minimum absolute atomic E-state index is 0.340. The molecule has 0 amide bonds. The summed E-state index contributed by atoms with van der Waals surface area (Å²) in [5.41, 5.74) is 0.340. The SMILES string of the molecule is C(=C/C12CCCN1CCC2)/c1cnco1. The molecule has 0 atom stereocenters. The van der Waals surface area contributed by atoms with E-state index in [9.17, 15) is 0 Å². The van der Waals surface area contributed by atoms with Crippen LogP contribution in [0.15, 0.2) is 23.1 Å². The van der Waals surface area contributed by atoms with E-state index in [1.165, 1.54) is 45.2 Å². The van der Waals surface area contributed by atoms with Crippen molar-refractivity contribution in [2.24, 2.45) is 0 Å². The van der Waals surface area contributed by atoms with E-state index < -0.39 is 0 Å². The Morgan fingerprint density at radius 3 is 2.80 bits per heavy atom. The highest BCUT2D eigenvalue weighted by Crippen LogP contribution is 2.40. The third-order valence-corrected chi connectivity index (χ3v) is 3.71. The molecule has 1 aromatic heterocycles. The molecule has 1 aromatic rings. The number of fused-ring (bicyclic) bond motifs is 1. The van der Waals surface area contributed by atoms with Crippen LogP contribution < -0.4 is 0 Å². The fourth-order valence-corrected chi connectivity index (χ4v) is 2.97. The maximum atomic E-state index is 5.22. The minimum atomic E-state index is 0.340. The van der Waals surface area contributed by atoms with Crippen LogP contribution in [0.3, 0.4) is 0 Å². The summed E-state index contributed by atoms with van der Waals surface area (Å²) in [5, 5.41) is 0. The van der Waals surface area contributed by atoms with E-state index in [2.05, 4.69) is 22.0 Å².